The maximum atomic E-state index is 13.6. The lowest BCUT2D eigenvalue weighted by Gasteiger charge is -2.14. The van der Waals surface area contributed by atoms with Crippen LogP contribution in [-0.4, -0.2) is 66.6 Å². The monoisotopic (exact) mass is 414 g/mol. The standard InChI is InChI=1S/C15H14F4N8O2/c16-8-1-2-26(5-8)13-23-10-7(3-9-11(28)24-14(29)22-9)4-21-27(10)12(25-13)20-6-15(17,18)19/h3-4,8,28H,1-2,5-6H2,(H2,22,24,29)/b7-3+,20-12?/t8-/m1/s1. The second-order valence-corrected chi connectivity index (χ2v) is 6.41. The summed E-state index contributed by atoms with van der Waals surface area (Å²) < 4.78 is 52.5. The Balaban J connectivity index is 1.91. The minimum Gasteiger partial charge on any atom is -0.493 e. The van der Waals surface area contributed by atoms with E-state index in [0.717, 1.165) is 4.52 Å². The van der Waals surface area contributed by atoms with E-state index in [2.05, 4.69) is 30.0 Å². The van der Waals surface area contributed by atoms with Gasteiger partial charge in [-0.1, -0.05) is 0 Å². The number of imidazole rings is 1. The topological polar surface area (TPSA) is 128 Å². The van der Waals surface area contributed by atoms with E-state index >= 15 is 0 Å². The first kappa shape index (κ1) is 18.9. The van der Waals surface area contributed by atoms with Crippen LogP contribution in [0, 0.1) is 0 Å². The molecule has 3 aromatic heterocycles. The second-order valence-electron chi connectivity index (χ2n) is 6.41. The van der Waals surface area contributed by atoms with Gasteiger partial charge in [-0.15, -0.1) is 0 Å². The van der Waals surface area contributed by atoms with Gasteiger partial charge in [0.25, 0.3) is 5.62 Å². The molecule has 0 aliphatic carbocycles. The lowest BCUT2D eigenvalue weighted by molar-refractivity contribution is -0.118. The van der Waals surface area contributed by atoms with Crippen LogP contribution >= 0.6 is 0 Å². The number of alkyl halides is 4. The zero-order chi connectivity index (χ0) is 20.8. The van der Waals surface area contributed by atoms with Gasteiger partial charge in [-0.25, -0.2) is 14.2 Å². The molecule has 10 nitrogen and oxygen atoms in total. The fourth-order valence-corrected chi connectivity index (χ4v) is 2.92. The van der Waals surface area contributed by atoms with Gasteiger partial charge in [-0.3, -0.25) is 4.98 Å². The van der Waals surface area contributed by atoms with Crippen molar-refractivity contribution in [3.05, 3.63) is 33.2 Å². The highest BCUT2D eigenvalue weighted by molar-refractivity contribution is 5.57. The van der Waals surface area contributed by atoms with E-state index < -0.39 is 30.5 Å². The maximum absolute atomic E-state index is 13.6. The van der Waals surface area contributed by atoms with Gasteiger partial charge in [0.05, 0.1) is 12.7 Å². The molecule has 1 atom stereocenters. The van der Waals surface area contributed by atoms with E-state index in [1.807, 2.05) is 0 Å². The van der Waals surface area contributed by atoms with Crippen molar-refractivity contribution in [1.29, 1.82) is 0 Å². The normalized spacial score (nSPS) is 19.0. The van der Waals surface area contributed by atoms with Crippen LogP contribution in [0.15, 0.2) is 16.0 Å². The number of hydrogen-bond donors (Lipinski definition) is 3. The molecule has 0 unspecified atom stereocenters. The Labute approximate surface area is 158 Å². The summed E-state index contributed by atoms with van der Waals surface area (Å²) in [6, 6.07) is 0. The van der Waals surface area contributed by atoms with Gasteiger partial charge in [0.15, 0.2) is 5.65 Å². The third-order valence-corrected chi connectivity index (χ3v) is 4.21. The van der Waals surface area contributed by atoms with E-state index in [-0.39, 0.29) is 41.1 Å². The minimum absolute atomic E-state index is 0.00792. The molecule has 1 aliphatic heterocycles. The first-order valence-corrected chi connectivity index (χ1v) is 8.44. The first-order valence-electron chi connectivity index (χ1n) is 8.44. The molecule has 154 valence electrons. The Morgan fingerprint density at radius 1 is 1.34 bits per heavy atom. The number of hydrogen-bond acceptors (Lipinski definition) is 7. The summed E-state index contributed by atoms with van der Waals surface area (Å²) in [7, 11) is 0. The van der Waals surface area contributed by atoms with Crippen LogP contribution in [0.5, 0.6) is 5.88 Å². The summed E-state index contributed by atoms with van der Waals surface area (Å²) in [6.07, 6.45) is -2.79. The largest absolute Gasteiger partial charge is 0.493 e. The van der Waals surface area contributed by atoms with Gasteiger partial charge in [0, 0.05) is 11.8 Å². The van der Waals surface area contributed by atoms with Crippen molar-refractivity contribution in [2.75, 3.05) is 24.5 Å². The van der Waals surface area contributed by atoms with Crippen molar-refractivity contribution < 1.29 is 22.7 Å². The third-order valence-electron chi connectivity index (χ3n) is 4.21. The molecule has 1 aliphatic rings. The van der Waals surface area contributed by atoms with Crippen LogP contribution in [-0.2, 0) is 0 Å². The van der Waals surface area contributed by atoms with E-state index in [0.29, 0.717) is 6.54 Å². The van der Waals surface area contributed by atoms with Crippen LogP contribution in [0.2, 0.25) is 0 Å². The highest BCUT2D eigenvalue weighted by Gasteiger charge is 2.27. The molecule has 1 saturated heterocycles. The number of aromatic hydroxyl groups is 1. The molecule has 1 fully saturated rings. The Hall–Kier alpha value is -3.45. The van der Waals surface area contributed by atoms with Crippen molar-refractivity contribution in [3.8, 4) is 5.88 Å². The van der Waals surface area contributed by atoms with Crippen LogP contribution in [0.4, 0.5) is 23.5 Å². The first-order chi connectivity index (χ1) is 13.7. The molecular formula is C15H14F4N8O2. The molecule has 3 aromatic rings. The average Bonchev–Trinajstić information content (AvgIpc) is 3.32. The summed E-state index contributed by atoms with van der Waals surface area (Å²) in [5.41, 5.74) is -0.882. The zero-order valence-electron chi connectivity index (χ0n) is 14.6. The van der Waals surface area contributed by atoms with Gasteiger partial charge in [-0.05, 0) is 12.5 Å². The van der Waals surface area contributed by atoms with Crippen molar-refractivity contribution in [1.82, 2.24) is 29.5 Å². The molecule has 0 bridgehead atoms. The molecule has 0 saturated carbocycles. The number of H-pyrrole nitrogens is 2. The van der Waals surface area contributed by atoms with E-state index in [1.54, 1.807) is 0 Å². The van der Waals surface area contributed by atoms with Crippen LogP contribution < -0.4 is 21.4 Å². The van der Waals surface area contributed by atoms with Gasteiger partial charge < -0.3 is 15.0 Å². The molecule has 4 heterocycles. The van der Waals surface area contributed by atoms with E-state index in [4.69, 9.17) is 0 Å². The highest BCUT2D eigenvalue weighted by atomic mass is 19.4. The Morgan fingerprint density at radius 3 is 2.76 bits per heavy atom. The Kier molecular flexibility index (Phi) is 4.47. The number of fused-ring (bicyclic) bond motifs is 1. The van der Waals surface area contributed by atoms with Crippen molar-refractivity contribution in [3.63, 3.8) is 0 Å². The third kappa shape index (κ3) is 3.90. The van der Waals surface area contributed by atoms with E-state index in [9.17, 15) is 27.5 Å². The zero-order valence-corrected chi connectivity index (χ0v) is 14.6. The van der Waals surface area contributed by atoms with Crippen molar-refractivity contribution in [2.24, 2.45) is 4.99 Å². The molecule has 0 spiro atoms. The predicted octanol–water partition coefficient (Wildman–Crippen LogP) is -0.595. The quantitative estimate of drug-likeness (QED) is 0.492. The number of halogens is 4. The number of aromatic nitrogens is 6. The van der Waals surface area contributed by atoms with Gasteiger partial charge in [-0.2, -0.15) is 32.8 Å². The molecule has 3 N–H and O–H groups in total. The maximum Gasteiger partial charge on any atom is 0.408 e. The lowest BCUT2D eigenvalue weighted by Crippen LogP contribution is -2.31. The van der Waals surface area contributed by atoms with Gasteiger partial charge >= 0.3 is 11.9 Å². The Bertz CT molecular complexity index is 1230. The predicted molar refractivity (Wildman–Crippen MR) is 90.9 cm³/mol. The molecule has 14 heteroatoms. The number of aromatic amines is 2. The number of anilines is 1. The summed E-state index contributed by atoms with van der Waals surface area (Å²) >= 11 is 0. The van der Waals surface area contributed by atoms with Crippen molar-refractivity contribution >= 4 is 17.7 Å². The summed E-state index contributed by atoms with van der Waals surface area (Å²) in [5.74, 6) is -0.411. The van der Waals surface area contributed by atoms with Crippen molar-refractivity contribution in [2.45, 2.75) is 18.8 Å². The van der Waals surface area contributed by atoms with E-state index in [1.165, 1.54) is 17.2 Å². The highest BCUT2D eigenvalue weighted by Crippen LogP contribution is 2.17. The molecule has 4 rings (SSSR count). The second kappa shape index (κ2) is 6.86. The minimum atomic E-state index is -4.55. The number of nitrogens with zero attached hydrogens (tertiary/aromatic N) is 6. The molecule has 29 heavy (non-hydrogen) atoms. The molecular weight excluding hydrogens is 400 g/mol. The summed E-state index contributed by atoms with van der Waals surface area (Å²) in [4.78, 5) is 29.1. The van der Waals surface area contributed by atoms with Gasteiger partial charge in [0.2, 0.25) is 11.8 Å². The van der Waals surface area contributed by atoms with Crippen LogP contribution in [0.3, 0.4) is 0 Å². The molecule has 0 amide bonds. The smallest absolute Gasteiger partial charge is 0.408 e. The average molecular weight is 414 g/mol. The fraction of sp³-hybridized carbons (Fsp3) is 0.400. The van der Waals surface area contributed by atoms with Crippen LogP contribution in [0.25, 0.3) is 11.7 Å². The van der Waals surface area contributed by atoms with Gasteiger partial charge in [0.1, 0.15) is 18.4 Å². The molecule has 0 radical (unpaired) electrons. The fourth-order valence-electron chi connectivity index (χ4n) is 2.92. The van der Waals surface area contributed by atoms with Crippen LogP contribution in [0.1, 0.15) is 12.1 Å². The Morgan fingerprint density at radius 2 is 2.14 bits per heavy atom. The number of rotatable bonds is 3. The lowest BCUT2D eigenvalue weighted by atomic mass is 10.3. The SMILES string of the molecule is O=c1[nH]c(O)c(/C=c2\cnn3c(=NCC(F)(F)F)nc(N4CC[C@@H](F)C4)nc23)[nH]1. The summed E-state index contributed by atoms with van der Waals surface area (Å²) in [5, 5.41) is 13.9. The molecule has 0 aromatic carbocycles. The number of nitrogens with one attached hydrogen (secondary N) is 2. The summed E-state index contributed by atoms with van der Waals surface area (Å²) in [6.45, 7) is -1.17.